The van der Waals surface area contributed by atoms with Crippen molar-refractivity contribution in [2.75, 3.05) is 13.4 Å². The Hall–Kier alpha value is -3.39. The second-order valence-electron chi connectivity index (χ2n) is 6.56. The summed E-state index contributed by atoms with van der Waals surface area (Å²) >= 11 is 1.35. The molecule has 0 spiro atoms. The van der Waals surface area contributed by atoms with Gasteiger partial charge in [-0.05, 0) is 42.8 Å². The van der Waals surface area contributed by atoms with E-state index in [-0.39, 0.29) is 25.1 Å². The molecular weight excluding hydrogens is 404 g/mol. The molecule has 154 valence electrons. The number of benzene rings is 2. The fourth-order valence-electron chi connectivity index (χ4n) is 3.18. The number of ether oxygens (including phenoxy) is 3. The standard InChI is InChI=1S/C22H20N2O5S/c1-3-9-24-16-7-6-15(21(26)27-4-2)12-19(16)30-22(24)23-20(25)11-14-5-8-17-18(10-14)29-13-28-17/h3,5-8,10,12H,1,4,9,11,13H2,2H3. The van der Waals surface area contributed by atoms with E-state index in [0.29, 0.717) is 35.0 Å². The number of carbonyl (C=O) groups is 2. The van der Waals surface area contributed by atoms with Gasteiger partial charge in [0, 0.05) is 6.54 Å². The third-order valence-corrected chi connectivity index (χ3v) is 5.56. The molecule has 0 atom stereocenters. The summed E-state index contributed by atoms with van der Waals surface area (Å²) in [6.45, 7) is 6.55. The zero-order valence-electron chi connectivity index (χ0n) is 16.4. The average Bonchev–Trinajstić information content (AvgIpc) is 3.32. The highest BCUT2D eigenvalue weighted by molar-refractivity contribution is 7.16. The van der Waals surface area contributed by atoms with Gasteiger partial charge in [0.25, 0.3) is 5.91 Å². The molecule has 3 aromatic rings. The van der Waals surface area contributed by atoms with Crippen LogP contribution < -0.4 is 14.3 Å². The van der Waals surface area contributed by atoms with Crippen LogP contribution in [0.5, 0.6) is 11.5 Å². The minimum atomic E-state index is -0.375. The first-order valence-corrected chi connectivity index (χ1v) is 10.3. The van der Waals surface area contributed by atoms with Crippen molar-refractivity contribution in [2.24, 2.45) is 4.99 Å². The number of hydrogen-bond acceptors (Lipinski definition) is 6. The third kappa shape index (κ3) is 3.99. The second kappa shape index (κ2) is 8.54. The Morgan fingerprint density at radius 1 is 1.23 bits per heavy atom. The van der Waals surface area contributed by atoms with Crippen LogP contribution in [0.25, 0.3) is 10.2 Å². The molecule has 8 heteroatoms. The van der Waals surface area contributed by atoms with Gasteiger partial charge in [0.05, 0.1) is 28.8 Å². The van der Waals surface area contributed by atoms with Crippen LogP contribution in [0.1, 0.15) is 22.8 Å². The molecule has 0 unspecified atom stereocenters. The number of carbonyl (C=O) groups excluding carboxylic acids is 2. The first-order valence-electron chi connectivity index (χ1n) is 9.46. The molecule has 1 aliphatic rings. The Morgan fingerprint density at radius 3 is 2.87 bits per heavy atom. The van der Waals surface area contributed by atoms with Gasteiger partial charge in [0.1, 0.15) is 0 Å². The molecule has 7 nitrogen and oxygen atoms in total. The number of fused-ring (bicyclic) bond motifs is 2. The van der Waals surface area contributed by atoms with Gasteiger partial charge in [-0.1, -0.05) is 23.5 Å². The molecule has 1 aromatic heterocycles. The van der Waals surface area contributed by atoms with Crippen molar-refractivity contribution in [1.29, 1.82) is 0 Å². The molecule has 1 aliphatic heterocycles. The number of hydrogen-bond donors (Lipinski definition) is 0. The van der Waals surface area contributed by atoms with Crippen LogP contribution >= 0.6 is 11.3 Å². The van der Waals surface area contributed by atoms with Crippen LogP contribution in [0.4, 0.5) is 0 Å². The number of thiazole rings is 1. The van der Waals surface area contributed by atoms with Crippen LogP contribution in [0.15, 0.2) is 54.0 Å². The van der Waals surface area contributed by atoms with Gasteiger partial charge >= 0.3 is 5.97 Å². The Kier molecular flexibility index (Phi) is 5.67. The third-order valence-electron chi connectivity index (χ3n) is 4.52. The largest absolute Gasteiger partial charge is 0.462 e. The summed E-state index contributed by atoms with van der Waals surface area (Å²) in [7, 11) is 0. The minimum Gasteiger partial charge on any atom is -0.462 e. The number of nitrogens with zero attached hydrogens (tertiary/aromatic N) is 2. The molecule has 0 fully saturated rings. The van der Waals surface area contributed by atoms with Gasteiger partial charge < -0.3 is 18.8 Å². The summed E-state index contributed by atoms with van der Waals surface area (Å²) < 4.78 is 18.5. The number of aromatic nitrogens is 1. The predicted molar refractivity (Wildman–Crippen MR) is 113 cm³/mol. The Bertz CT molecular complexity index is 1210. The summed E-state index contributed by atoms with van der Waals surface area (Å²) in [6.07, 6.45) is 1.89. The van der Waals surface area contributed by atoms with Crippen molar-refractivity contribution in [3.63, 3.8) is 0 Å². The highest BCUT2D eigenvalue weighted by Crippen LogP contribution is 2.32. The van der Waals surface area contributed by atoms with E-state index >= 15 is 0 Å². The second-order valence-corrected chi connectivity index (χ2v) is 7.57. The number of esters is 1. The Labute approximate surface area is 176 Å². The quantitative estimate of drug-likeness (QED) is 0.447. The summed E-state index contributed by atoms with van der Waals surface area (Å²) in [5.41, 5.74) is 2.14. The maximum atomic E-state index is 12.6. The van der Waals surface area contributed by atoms with E-state index in [4.69, 9.17) is 14.2 Å². The maximum absolute atomic E-state index is 12.6. The average molecular weight is 424 g/mol. The molecule has 30 heavy (non-hydrogen) atoms. The first-order chi connectivity index (χ1) is 14.6. The van der Waals surface area contributed by atoms with E-state index in [0.717, 1.165) is 15.8 Å². The lowest BCUT2D eigenvalue weighted by molar-refractivity contribution is -0.117. The molecular formula is C22H20N2O5S. The highest BCUT2D eigenvalue weighted by atomic mass is 32.1. The monoisotopic (exact) mass is 424 g/mol. The van der Waals surface area contributed by atoms with Crippen LogP contribution in [0.3, 0.4) is 0 Å². The van der Waals surface area contributed by atoms with E-state index in [1.165, 1.54) is 11.3 Å². The SMILES string of the molecule is C=CCn1c(=NC(=O)Cc2ccc3c(c2)OCO3)sc2cc(C(=O)OCC)ccc21. The van der Waals surface area contributed by atoms with Crippen LogP contribution in [-0.2, 0) is 22.5 Å². The van der Waals surface area contributed by atoms with Crippen LogP contribution in [0.2, 0.25) is 0 Å². The minimum absolute atomic E-state index is 0.146. The van der Waals surface area contributed by atoms with E-state index in [9.17, 15) is 9.59 Å². The Balaban J connectivity index is 1.66. The topological polar surface area (TPSA) is 79.1 Å². The molecule has 4 rings (SSSR count). The smallest absolute Gasteiger partial charge is 0.338 e. The van der Waals surface area contributed by atoms with Gasteiger partial charge in [0.15, 0.2) is 16.3 Å². The molecule has 0 saturated carbocycles. The number of allylic oxidation sites excluding steroid dienone is 1. The van der Waals surface area contributed by atoms with E-state index in [1.54, 1.807) is 37.3 Å². The lowest BCUT2D eigenvalue weighted by atomic mass is 10.1. The fourth-order valence-corrected chi connectivity index (χ4v) is 4.27. The van der Waals surface area contributed by atoms with Crippen molar-refractivity contribution in [3.8, 4) is 11.5 Å². The van der Waals surface area contributed by atoms with Gasteiger partial charge in [-0.3, -0.25) is 4.79 Å². The summed E-state index contributed by atoms with van der Waals surface area (Å²) in [6, 6.07) is 10.7. The van der Waals surface area contributed by atoms with Crippen molar-refractivity contribution in [3.05, 3.63) is 65.0 Å². The molecule has 0 bridgehead atoms. The van der Waals surface area contributed by atoms with E-state index in [2.05, 4.69) is 11.6 Å². The zero-order chi connectivity index (χ0) is 21.1. The number of rotatable bonds is 6. The summed E-state index contributed by atoms with van der Waals surface area (Å²) in [5, 5.41) is 0. The predicted octanol–water partition coefficient (Wildman–Crippen LogP) is 3.46. The van der Waals surface area contributed by atoms with Crippen molar-refractivity contribution >= 4 is 33.4 Å². The number of amides is 1. The molecule has 0 aliphatic carbocycles. The normalized spacial score (nSPS) is 12.9. The highest BCUT2D eigenvalue weighted by Gasteiger charge is 2.15. The van der Waals surface area contributed by atoms with Gasteiger partial charge in [-0.25, -0.2) is 4.79 Å². The molecule has 1 amide bonds. The molecule has 0 radical (unpaired) electrons. The zero-order valence-corrected chi connectivity index (χ0v) is 17.2. The van der Waals surface area contributed by atoms with E-state index < -0.39 is 0 Å². The summed E-state index contributed by atoms with van der Waals surface area (Å²) in [5.74, 6) is 0.661. The molecule has 2 aromatic carbocycles. The Morgan fingerprint density at radius 2 is 2.07 bits per heavy atom. The van der Waals surface area contributed by atoms with Crippen molar-refractivity contribution < 1.29 is 23.8 Å². The van der Waals surface area contributed by atoms with Crippen LogP contribution in [0, 0.1) is 0 Å². The lowest BCUT2D eigenvalue weighted by Gasteiger charge is -2.03. The van der Waals surface area contributed by atoms with Gasteiger partial charge in [0.2, 0.25) is 6.79 Å². The van der Waals surface area contributed by atoms with Crippen molar-refractivity contribution in [2.45, 2.75) is 19.9 Å². The molecule has 0 saturated heterocycles. The first kappa shape index (κ1) is 19.9. The lowest BCUT2D eigenvalue weighted by Crippen LogP contribution is -2.17. The van der Waals surface area contributed by atoms with Crippen molar-refractivity contribution in [1.82, 2.24) is 4.57 Å². The molecule has 0 N–H and O–H groups in total. The maximum Gasteiger partial charge on any atom is 0.338 e. The van der Waals surface area contributed by atoms with Gasteiger partial charge in [-0.2, -0.15) is 4.99 Å². The molecule has 2 heterocycles. The van der Waals surface area contributed by atoms with Crippen LogP contribution in [-0.4, -0.2) is 29.8 Å². The fraction of sp³-hybridized carbons (Fsp3) is 0.227. The van der Waals surface area contributed by atoms with Gasteiger partial charge in [-0.15, -0.1) is 6.58 Å². The summed E-state index contributed by atoms with van der Waals surface area (Å²) in [4.78, 5) is 29.5. The van der Waals surface area contributed by atoms with E-state index in [1.807, 2.05) is 16.7 Å².